The Kier molecular flexibility index (Phi) is 5.89. The maximum absolute atomic E-state index is 12.2. The van der Waals surface area contributed by atoms with Crippen molar-refractivity contribution in [3.05, 3.63) is 59.7 Å². The summed E-state index contributed by atoms with van der Waals surface area (Å²) in [4.78, 5) is 26.1. The molecule has 26 heavy (non-hydrogen) atoms. The van der Waals surface area contributed by atoms with Crippen molar-refractivity contribution in [2.75, 3.05) is 16.8 Å². The number of aryl methyl sites for hydroxylation is 1. The summed E-state index contributed by atoms with van der Waals surface area (Å²) in [5, 5.41) is 2.77. The fourth-order valence-electron chi connectivity index (χ4n) is 3.08. The van der Waals surface area contributed by atoms with Crippen molar-refractivity contribution in [2.45, 2.75) is 39.2 Å². The van der Waals surface area contributed by atoms with Crippen LogP contribution in [0.5, 0.6) is 0 Å². The Morgan fingerprint density at radius 1 is 1.15 bits per heavy atom. The molecule has 0 saturated heterocycles. The molecule has 0 radical (unpaired) electrons. The van der Waals surface area contributed by atoms with Crippen molar-refractivity contribution in [3.8, 4) is 0 Å². The van der Waals surface area contributed by atoms with Gasteiger partial charge in [0.25, 0.3) is 0 Å². The summed E-state index contributed by atoms with van der Waals surface area (Å²) in [6.07, 6.45) is 2.76. The number of unbranched alkanes of at least 4 members (excludes halogenated alkanes) is 1. The molecule has 5 nitrogen and oxygen atoms in total. The number of nitrogens with one attached hydrogen (secondary N) is 1. The van der Waals surface area contributed by atoms with Crippen LogP contribution in [0.25, 0.3) is 0 Å². The highest BCUT2D eigenvalue weighted by Crippen LogP contribution is 2.30. The minimum Gasteiger partial charge on any atom is -0.444 e. The molecule has 2 amide bonds. The standard InChI is InChI=1S/C21H24N2O3/c1-2-3-13-23-19-11-10-18(14-17(19)9-12-20(23)24)22-21(25)26-15-16-7-5-4-6-8-16/h4-8,10-11,14H,2-3,9,12-13,15H2,1H3,(H,22,25). The number of carbonyl (C=O) groups excluding carboxylic acids is 2. The Labute approximate surface area is 154 Å². The molecule has 1 N–H and O–H groups in total. The van der Waals surface area contributed by atoms with Crippen LogP contribution in [0.2, 0.25) is 0 Å². The zero-order valence-electron chi connectivity index (χ0n) is 15.0. The van der Waals surface area contributed by atoms with E-state index in [4.69, 9.17) is 4.74 Å². The molecule has 2 aromatic rings. The molecular formula is C21H24N2O3. The summed E-state index contributed by atoms with van der Waals surface area (Å²) >= 11 is 0. The van der Waals surface area contributed by atoms with Gasteiger partial charge >= 0.3 is 6.09 Å². The van der Waals surface area contributed by atoms with Crippen LogP contribution in [-0.4, -0.2) is 18.5 Å². The Balaban J connectivity index is 1.63. The third kappa shape index (κ3) is 4.42. The highest BCUT2D eigenvalue weighted by molar-refractivity contribution is 5.97. The van der Waals surface area contributed by atoms with E-state index in [9.17, 15) is 9.59 Å². The molecule has 5 heteroatoms. The Bertz CT molecular complexity index is 774. The van der Waals surface area contributed by atoms with Gasteiger partial charge in [0.05, 0.1) is 0 Å². The van der Waals surface area contributed by atoms with Gasteiger partial charge in [-0.3, -0.25) is 10.1 Å². The van der Waals surface area contributed by atoms with E-state index < -0.39 is 6.09 Å². The fourth-order valence-corrected chi connectivity index (χ4v) is 3.08. The lowest BCUT2D eigenvalue weighted by molar-refractivity contribution is -0.118. The molecule has 0 aliphatic carbocycles. The maximum atomic E-state index is 12.2. The van der Waals surface area contributed by atoms with Crippen LogP contribution in [0, 0.1) is 0 Å². The molecule has 3 rings (SSSR count). The monoisotopic (exact) mass is 352 g/mol. The van der Waals surface area contributed by atoms with Crippen molar-refractivity contribution < 1.29 is 14.3 Å². The Morgan fingerprint density at radius 3 is 2.73 bits per heavy atom. The normalized spacial score (nSPS) is 13.3. The largest absolute Gasteiger partial charge is 0.444 e. The van der Waals surface area contributed by atoms with E-state index in [0.717, 1.165) is 36.2 Å². The molecule has 0 atom stereocenters. The smallest absolute Gasteiger partial charge is 0.411 e. The maximum Gasteiger partial charge on any atom is 0.411 e. The van der Waals surface area contributed by atoms with Gasteiger partial charge < -0.3 is 9.64 Å². The van der Waals surface area contributed by atoms with Crippen LogP contribution >= 0.6 is 0 Å². The van der Waals surface area contributed by atoms with E-state index in [0.29, 0.717) is 18.5 Å². The molecule has 1 heterocycles. The molecule has 136 valence electrons. The molecule has 0 fully saturated rings. The second kappa shape index (κ2) is 8.52. The average molecular weight is 352 g/mol. The topological polar surface area (TPSA) is 58.6 Å². The van der Waals surface area contributed by atoms with Crippen LogP contribution in [0.15, 0.2) is 48.5 Å². The summed E-state index contributed by atoms with van der Waals surface area (Å²) < 4.78 is 5.25. The number of hydrogen-bond donors (Lipinski definition) is 1. The lowest BCUT2D eigenvalue weighted by atomic mass is 10.00. The van der Waals surface area contributed by atoms with E-state index in [1.54, 1.807) is 0 Å². The summed E-state index contributed by atoms with van der Waals surface area (Å²) in [7, 11) is 0. The van der Waals surface area contributed by atoms with Gasteiger partial charge in [-0.2, -0.15) is 0 Å². The first-order valence-corrected chi connectivity index (χ1v) is 9.08. The molecular weight excluding hydrogens is 328 g/mol. The molecule has 1 aliphatic rings. The number of ether oxygens (including phenoxy) is 1. The number of anilines is 2. The van der Waals surface area contributed by atoms with Gasteiger partial charge in [-0.15, -0.1) is 0 Å². The van der Waals surface area contributed by atoms with Gasteiger partial charge in [0, 0.05) is 24.3 Å². The molecule has 0 aromatic heterocycles. The third-order valence-corrected chi connectivity index (χ3v) is 4.47. The van der Waals surface area contributed by atoms with Crippen LogP contribution in [-0.2, 0) is 22.6 Å². The minimum atomic E-state index is -0.483. The Hall–Kier alpha value is -2.82. The predicted octanol–water partition coefficient (Wildman–Crippen LogP) is 4.51. The number of hydrogen-bond acceptors (Lipinski definition) is 3. The van der Waals surface area contributed by atoms with E-state index in [2.05, 4.69) is 12.2 Å². The van der Waals surface area contributed by atoms with E-state index in [-0.39, 0.29) is 12.5 Å². The summed E-state index contributed by atoms with van der Waals surface area (Å²) in [6, 6.07) is 15.2. The van der Waals surface area contributed by atoms with Crippen molar-refractivity contribution in [1.82, 2.24) is 0 Å². The van der Waals surface area contributed by atoms with Crippen molar-refractivity contribution in [3.63, 3.8) is 0 Å². The van der Waals surface area contributed by atoms with Crippen LogP contribution in [0.4, 0.5) is 16.2 Å². The third-order valence-electron chi connectivity index (χ3n) is 4.47. The lowest BCUT2D eigenvalue weighted by Crippen LogP contribution is -2.35. The van der Waals surface area contributed by atoms with E-state index in [1.165, 1.54) is 0 Å². The van der Waals surface area contributed by atoms with Gasteiger partial charge in [0.1, 0.15) is 6.61 Å². The molecule has 0 spiro atoms. The van der Waals surface area contributed by atoms with Crippen LogP contribution in [0.3, 0.4) is 0 Å². The molecule has 0 saturated carbocycles. The van der Waals surface area contributed by atoms with Crippen molar-refractivity contribution in [2.24, 2.45) is 0 Å². The summed E-state index contributed by atoms with van der Waals surface area (Å²) in [6.45, 7) is 3.09. The fraction of sp³-hybridized carbons (Fsp3) is 0.333. The first-order valence-electron chi connectivity index (χ1n) is 9.08. The highest BCUT2D eigenvalue weighted by Gasteiger charge is 2.23. The van der Waals surface area contributed by atoms with Crippen LogP contribution < -0.4 is 10.2 Å². The first kappa shape index (κ1) is 18.0. The van der Waals surface area contributed by atoms with Gasteiger partial charge in [0.15, 0.2) is 0 Å². The number of benzene rings is 2. The number of rotatable bonds is 6. The second-order valence-electron chi connectivity index (χ2n) is 6.43. The summed E-state index contributed by atoms with van der Waals surface area (Å²) in [5.41, 5.74) is 3.67. The number of fused-ring (bicyclic) bond motifs is 1. The molecule has 0 bridgehead atoms. The van der Waals surface area contributed by atoms with Crippen molar-refractivity contribution in [1.29, 1.82) is 0 Å². The average Bonchev–Trinajstić information content (AvgIpc) is 2.66. The first-order chi connectivity index (χ1) is 12.7. The lowest BCUT2D eigenvalue weighted by Gasteiger charge is -2.29. The van der Waals surface area contributed by atoms with Gasteiger partial charge in [-0.25, -0.2) is 4.79 Å². The predicted molar refractivity (Wildman–Crippen MR) is 102 cm³/mol. The van der Waals surface area contributed by atoms with Gasteiger partial charge in [-0.05, 0) is 42.2 Å². The minimum absolute atomic E-state index is 0.175. The SMILES string of the molecule is CCCCN1C(=O)CCc2cc(NC(=O)OCc3ccccc3)ccc21. The highest BCUT2D eigenvalue weighted by atomic mass is 16.5. The van der Waals surface area contributed by atoms with Crippen molar-refractivity contribution >= 4 is 23.4 Å². The van der Waals surface area contributed by atoms with E-state index in [1.807, 2.05) is 53.4 Å². The molecule has 2 aromatic carbocycles. The zero-order chi connectivity index (χ0) is 18.4. The Morgan fingerprint density at radius 2 is 1.96 bits per heavy atom. The number of nitrogens with zero attached hydrogens (tertiary/aromatic N) is 1. The second-order valence-corrected chi connectivity index (χ2v) is 6.43. The summed E-state index contributed by atoms with van der Waals surface area (Å²) in [5.74, 6) is 0.175. The number of carbonyl (C=O) groups is 2. The van der Waals surface area contributed by atoms with Gasteiger partial charge in [0.2, 0.25) is 5.91 Å². The number of amides is 2. The zero-order valence-corrected chi connectivity index (χ0v) is 15.0. The molecule has 1 aliphatic heterocycles. The van der Waals surface area contributed by atoms with Crippen LogP contribution in [0.1, 0.15) is 37.3 Å². The quantitative estimate of drug-likeness (QED) is 0.832. The molecule has 0 unspecified atom stereocenters. The van der Waals surface area contributed by atoms with E-state index >= 15 is 0 Å². The van der Waals surface area contributed by atoms with Gasteiger partial charge in [-0.1, -0.05) is 43.7 Å².